The van der Waals surface area contributed by atoms with E-state index >= 15 is 0 Å². The Kier molecular flexibility index (Phi) is 17.4. The van der Waals surface area contributed by atoms with Crippen molar-refractivity contribution in [1.29, 1.82) is 0 Å². The number of halogens is 1. The molecular weight excluding hydrogens is 942 g/mol. The van der Waals surface area contributed by atoms with Gasteiger partial charge in [0.25, 0.3) is 0 Å². The largest absolute Gasteiger partial charge is 0.486 e. The third-order valence-corrected chi connectivity index (χ3v) is 14.9. The summed E-state index contributed by atoms with van der Waals surface area (Å²) in [6, 6.07) is 50.7. The van der Waals surface area contributed by atoms with Crippen LogP contribution in [0.4, 0.5) is 0 Å². The van der Waals surface area contributed by atoms with Crippen LogP contribution in [0.1, 0.15) is 48.1 Å². The van der Waals surface area contributed by atoms with Gasteiger partial charge in [-0.25, -0.2) is 21.5 Å². The zero-order valence-electron chi connectivity index (χ0n) is 38.7. The van der Waals surface area contributed by atoms with Gasteiger partial charge in [0, 0.05) is 62.4 Å². The van der Waals surface area contributed by atoms with Crippen LogP contribution in [0.15, 0.2) is 204 Å². The predicted octanol–water partition coefficient (Wildman–Crippen LogP) is 10.5. The Balaban J connectivity index is 0.000000206. The molecule has 0 radical (unpaired) electrons. The number of ether oxygens (including phenoxy) is 1. The van der Waals surface area contributed by atoms with Gasteiger partial charge in [0.2, 0.25) is 20.0 Å². The second-order valence-corrected chi connectivity index (χ2v) is 20.8. The van der Waals surface area contributed by atoms with Gasteiger partial charge in [-0.3, -0.25) is 9.78 Å². The molecule has 0 bridgehead atoms. The average molecular weight is 995 g/mol. The van der Waals surface area contributed by atoms with Crippen molar-refractivity contribution in [3.63, 3.8) is 0 Å². The third-order valence-electron chi connectivity index (χ3n) is 11.0. The van der Waals surface area contributed by atoms with Crippen molar-refractivity contribution in [2.75, 3.05) is 6.61 Å². The first-order valence-corrected chi connectivity index (χ1v) is 25.7. The first-order chi connectivity index (χ1) is 33.7. The molecule has 15 heteroatoms. The first kappa shape index (κ1) is 50.8. The van der Waals surface area contributed by atoms with E-state index in [1.54, 1.807) is 90.9 Å². The summed E-state index contributed by atoms with van der Waals surface area (Å²) in [5.41, 5.74) is 7.27. The molecule has 358 valence electrons. The number of aromatic nitrogens is 3. The molecule has 6 aromatic carbocycles. The molecule has 8 rings (SSSR count). The van der Waals surface area contributed by atoms with Crippen LogP contribution >= 0.6 is 11.6 Å². The maximum absolute atomic E-state index is 13.6. The summed E-state index contributed by atoms with van der Waals surface area (Å²) in [5.74, 6) is 0.546. The monoisotopic (exact) mass is 993 g/mol. The minimum Gasteiger partial charge on any atom is -0.486 e. The van der Waals surface area contributed by atoms with Gasteiger partial charge in [-0.05, 0) is 132 Å². The van der Waals surface area contributed by atoms with Gasteiger partial charge in [-0.15, -0.1) is 0 Å². The van der Waals surface area contributed by atoms with E-state index in [1.807, 2.05) is 103 Å². The standard InChI is InChI=1S/C29H28N2O3S.C26H24ClN3O4S/c1-23(32)12-13-24-7-5-8-26(19-24)22-31(35(33,34)29-10-3-2-4-11-29)21-25-14-16-27(17-15-25)28-9-6-18-30-20-28;1-20(31)19-34-25-5-2-4-22(16-25)18-29(35(32,33)26-12-8-23(27)9-13-26)17-21-6-10-24(11-7-21)30-15-3-14-28-30/h2-11,14-20H,12-13,21-22H2,1H3;2-16H,17-19H2,1H3. The SMILES string of the molecule is CC(=O)CCc1cccc(CN(Cc2ccc(-c3cccnc3)cc2)S(=O)(=O)c2ccccc2)c1.CC(=O)COc1cccc(CN(Cc2ccc(-n3cccn3)cc2)S(=O)(=O)c2ccc(Cl)cc2)c1. The summed E-state index contributed by atoms with van der Waals surface area (Å²) >= 11 is 5.97. The molecule has 2 aromatic heterocycles. The molecule has 0 atom stereocenters. The van der Waals surface area contributed by atoms with Crippen molar-refractivity contribution in [2.45, 2.75) is 62.7 Å². The van der Waals surface area contributed by atoms with E-state index < -0.39 is 20.0 Å². The lowest BCUT2D eigenvalue weighted by molar-refractivity contribution is -0.119. The first-order valence-electron chi connectivity index (χ1n) is 22.4. The smallest absolute Gasteiger partial charge is 0.243 e. The Hall–Kier alpha value is -7.07. The summed E-state index contributed by atoms with van der Waals surface area (Å²) in [7, 11) is -7.57. The normalized spacial score (nSPS) is 11.5. The summed E-state index contributed by atoms with van der Waals surface area (Å²) in [6.07, 6.45) is 8.19. The van der Waals surface area contributed by atoms with Crippen molar-refractivity contribution >= 4 is 43.2 Å². The number of Topliss-reactive ketones (excluding diaryl/α,β-unsaturated/α-hetero) is 2. The number of rotatable bonds is 20. The highest BCUT2D eigenvalue weighted by Gasteiger charge is 2.27. The molecule has 70 heavy (non-hydrogen) atoms. The number of hydrogen-bond donors (Lipinski definition) is 0. The molecule has 0 aliphatic carbocycles. The number of nitrogens with zero attached hydrogens (tertiary/aromatic N) is 5. The molecule has 0 aliphatic rings. The second kappa shape index (κ2) is 24.0. The van der Waals surface area contributed by atoms with E-state index in [4.69, 9.17) is 16.3 Å². The van der Waals surface area contributed by atoms with Crippen LogP contribution in [0.25, 0.3) is 16.8 Å². The van der Waals surface area contributed by atoms with Crippen LogP contribution < -0.4 is 4.74 Å². The van der Waals surface area contributed by atoms with Gasteiger partial charge in [0.05, 0.1) is 15.5 Å². The van der Waals surface area contributed by atoms with Crippen LogP contribution in [0.5, 0.6) is 5.75 Å². The van der Waals surface area contributed by atoms with Crippen LogP contribution in [0.3, 0.4) is 0 Å². The summed E-state index contributed by atoms with van der Waals surface area (Å²) in [6.45, 7) is 3.72. The highest BCUT2D eigenvalue weighted by molar-refractivity contribution is 7.89. The van der Waals surface area contributed by atoms with Gasteiger partial charge in [0.15, 0.2) is 5.78 Å². The van der Waals surface area contributed by atoms with Crippen LogP contribution in [0, 0.1) is 0 Å². The number of ketones is 2. The van der Waals surface area contributed by atoms with Gasteiger partial charge in [-0.1, -0.05) is 109 Å². The minimum absolute atomic E-state index is 0.0428. The molecule has 12 nitrogen and oxygen atoms in total. The molecule has 0 fully saturated rings. The van der Waals surface area contributed by atoms with E-state index in [1.165, 1.54) is 27.7 Å². The number of pyridine rings is 1. The molecule has 0 aliphatic heterocycles. The highest BCUT2D eigenvalue weighted by Crippen LogP contribution is 2.27. The van der Waals surface area contributed by atoms with Crippen molar-refractivity contribution in [2.24, 2.45) is 0 Å². The maximum atomic E-state index is 13.6. The third kappa shape index (κ3) is 14.2. The maximum Gasteiger partial charge on any atom is 0.243 e. The van der Waals surface area contributed by atoms with Crippen LogP contribution in [-0.2, 0) is 62.2 Å². The fourth-order valence-electron chi connectivity index (χ4n) is 7.40. The van der Waals surface area contributed by atoms with Crippen LogP contribution in [-0.4, -0.2) is 58.4 Å². The van der Waals surface area contributed by atoms with Gasteiger partial charge in [-0.2, -0.15) is 13.7 Å². The quantitative estimate of drug-likeness (QED) is 0.0727. The number of hydrogen-bond acceptors (Lipinski definition) is 9. The molecule has 0 unspecified atom stereocenters. The fourth-order valence-corrected chi connectivity index (χ4v) is 10.4. The molecule has 0 N–H and O–H groups in total. The number of carbonyl (C=O) groups excluding carboxylic acids is 2. The number of benzene rings is 6. The Labute approximate surface area is 414 Å². The molecule has 2 heterocycles. The Morgan fingerprint density at radius 1 is 0.557 bits per heavy atom. The second-order valence-electron chi connectivity index (χ2n) is 16.5. The molecule has 0 saturated carbocycles. The zero-order chi connectivity index (χ0) is 49.5. The average Bonchev–Trinajstić information content (AvgIpc) is 3.92. The van der Waals surface area contributed by atoms with E-state index in [0.717, 1.165) is 44.6 Å². The van der Waals surface area contributed by atoms with E-state index in [9.17, 15) is 26.4 Å². The predicted molar refractivity (Wildman–Crippen MR) is 272 cm³/mol. The molecule has 0 spiro atoms. The number of sulfonamides is 2. The molecule has 0 saturated heterocycles. The van der Waals surface area contributed by atoms with Crippen molar-refractivity contribution in [3.8, 4) is 22.6 Å². The zero-order valence-corrected chi connectivity index (χ0v) is 41.1. The van der Waals surface area contributed by atoms with E-state index in [-0.39, 0.29) is 54.1 Å². The van der Waals surface area contributed by atoms with Gasteiger partial charge < -0.3 is 9.53 Å². The Morgan fingerprint density at radius 3 is 1.73 bits per heavy atom. The Bertz CT molecular complexity index is 3200. The van der Waals surface area contributed by atoms with Crippen molar-refractivity contribution < 1.29 is 31.2 Å². The molecular formula is C55H52ClN5O7S2. The van der Waals surface area contributed by atoms with Gasteiger partial charge >= 0.3 is 0 Å². The summed E-state index contributed by atoms with van der Waals surface area (Å²) < 4.78 is 64.5. The minimum atomic E-state index is -3.84. The molecule has 8 aromatic rings. The topological polar surface area (TPSA) is 149 Å². The van der Waals surface area contributed by atoms with Crippen molar-refractivity contribution in [1.82, 2.24) is 23.4 Å². The highest BCUT2D eigenvalue weighted by atomic mass is 35.5. The van der Waals surface area contributed by atoms with E-state index in [0.29, 0.717) is 23.6 Å². The lowest BCUT2D eigenvalue weighted by atomic mass is 10.0. The summed E-state index contributed by atoms with van der Waals surface area (Å²) in [5, 5.41) is 4.68. The number of aryl methyl sites for hydroxylation is 1. The summed E-state index contributed by atoms with van der Waals surface area (Å²) in [4.78, 5) is 27.2. The van der Waals surface area contributed by atoms with Gasteiger partial charge in [0.1, 0.15) is 18.1 Å². The lowest BCUT2D eigenvalue weighted by Gasteiger charge is -2.23. The number of carbonyl (C=O) groups is 2. The van der Waals surface area contributed by atoms with Crippen LogP contribution in [0.2, 0.25) is 5.02 Å². The van der Waals surface area contributed by atoms with E-state index in [2.05, 4.69) is 10.1 Å². The lowest BCUT2D eigenvalue weighted by Crippen LogP contribution is -2.30. The fraction of sp³-hybridized carbons (Fsp3) is 0.164. The van der Waals surface area contributed by atoms with Crippen molar-refractivity contribution in [3.05, 3.63) is 227 Å². The molecule has 0 amide bonds. The Morgan fingerprint density at radius 2 is 1.14 bits per heavy atom.